The number of rotatable bonds is 6. The maximum Gasteiger partial charge on any atom is 0.424 e. The van der Waals surface area contributed by atoms with E-state index in [0.29, 0.717) is 11.1 Å². The summed E-state index contributed by atoms with van der Waals surface area (Å²) in [5, 5.41) is 21.1. The van der Waals surface area contributed by atoms with Crippen molar-refractivity contribution < 1.29 is 33.1 Å². The van der Waals surface area contributed by atoms with Crippen molar-refractivity contribution in [2.45, 2.75) is 46.8 Å². The van der Waals surface area contributed by atoms with E-state index in [0.717, 1.165) is 12.1 Å². The second kappa shape index (κ2) is 9.80. The van der Waals surface area contributed by atoms with Crippen LogP contribution < -0.4 is 9.80 Å². The summed E-state index contributed by atoms with van der Waals surface area (Å²) >= 11 is 0. The van der Waals surface area contributed by atoms with Crippen molar-refractivity contribution in [3.63, 3.8) is 0 Å². The zero-order valence-corrected chi connectivity index (χ0v) is 18.9. The van der Waals surface area contributed by atoms with Gasteiger partial charge in [0.15, 0.2) is 11.5 Å². The predicted octanol–water partition coefficient (Wildman–Crippen LogP) is 5.63. The van der Waals surface area contributed by atoms with Crippen LogP contribution in [-0.4, -0.2) is 34.4 Å². The fraction of sp³-hybridized carbons (Fsp3) is 0.364. The summed E-state index contributed by atoms with van der Waals surface area (Å²) in [6, 6.07) is 6.16. The van der Waals surface area contributed by atoms with Crippen molar-refractivity contribution in [3.05, 3.63) is 63.2 Å². The summed E-state index contributed by atoms with van der Waals surface area (Å²) in [7, 11) is 0. The van der Waals surface area contributed by atoms with E-state index in [9.17, 15) is 29.2 Å². The molecule has 0 heterocycles. The van der Waals surface area contributed by atoms with Crippen molar-refractivity contribution in [1.82, 2.24) is 0 Å². The highest BCUT2D eigenvalue weighted by atomic mass is 19.1. The number of carboxylic acid groups (broad SMARTS) is 1. The SMILES string of the molecule is CCN(Cc1ccc(F)cc1C)c1ccc([N+](=O)[O-])c(N(C(=O)O)C(=O)OC(C)(C)C)c1F. The molecule has 0 aliphatic heterocycles. The molecule has 2 amide bonds. The summed E-state index contributed by atoms with van der Waals surface area (Å²) in [5.74, 6) is -1.71. The normalized spacial score (nSPS) is 11.1. The van der Waals surface area contributed by atoms with Gasteiger partial charge in [0, 0.05) is 19.2 Å². The van der Waals surface area contributed by atoms with Gasteiger partial charge in [0.2, 0.25) is 0 Å². The van der Waals surface area contributed by atoms with Gasteiger partial charge < -0.3 is 14.7 Å². The van der Waals surface area contributed by atoms with Gasteiger partial charge in [-0.3, -0.25) is 10.1 Å². The molecule has 11 heteroatoms. The Bertz CT molecular complexity index is 1080. The number of amides is 2. The Morgan fingerprint density at radius 1 is 1.18 bits per heavy atom. The summed E-state index contributed by atoms with van der Waals surface area (Å²) < 4.78 is 34.1. The van der Waals surface area contributed by atoms with Crippen LogP contribution in [0.3, 0.4) is 0 Å². The van der Waals surface area contributed by atoms with Crippen LogP contribution in [0.2, 0.25) is 0 Å². The number of hydrogen-bond acceptors (Lipinski definition) is 6. The third-order valence-electron chi connectivity index (χ3n) is 4.65. The van der Waals surface area contributed by atoms with Gasteiger partial charge in [0.1, 0.15) is 11.4 Å². The quantitative estimate of drug-likeness (QED) is 0.435. The van der Waals surface area contributed by atoms with Crippen molar-refractivity contribution in [2.24, 2.45) is 0 Å². The molecule has 0 unspecified atom stereocenters. The third-order valence-corrected chi connectivity index (χ3v) is 4.65. The van der Waals surface area contributed by atoms with E-state index in [1.807, 2.05) is 0 Å². The number of benzene rings is 2. The Morgan fingerprint density at radius 3 is 2.30 bits per heavy atom. The fourth-order valence-corrected chi connectivity index (χ4v) is 3.13. The van der Waals surface area contributed by atoms with Crippen molar-refractivity contribution in [1.29, 1.82) is 0 Å². The van der Waals surface area contributed by atoms with Crippen molar-refractivity contribution in [3.8, 4) is 0 Å². The lowest BCUT2D eigenvalue weighted by molar-refractivity contribution is -0.384. The Kier molecular flexibility index (Phi) is 7.57. The molecular weight excluding hydrogens is 440 g/mol. The van der Waals surface area contributed by atoms with Crippen LogP contribution in [0, 0.1) is 28.7 Å². The minimum atomic E-state index is -1.94. The zero-order chi connectivity index (χ0) is 25.1. The second-order valence-electron chi connectivity index (χ2n) is 8.21. The van der Waals surface area contributed by atoms with Crippen molar-refractivity contribution in [2.75, 3.05) is 16.3 Å². The standard InChI is InChI=1S/C22H25F2N3O6/c1-6-25(12-14-7-8-15(23)11-13(14)2)16-9-10-17(27(31)32)19(18(16)24)26(20(28)29)21(30)33-22(3,4)5/h7-11H,6,12H2,1-5H3,(H,28,29). The average molecular weight is 465 g/mol. The molecule has 0 saturated heterocycles. The van der Waals surface area contributed by atoms with Gasteiger partial charge in [-0.1, -0.05) is 6.07 Å². The first-order valence-electron chi connectivity index (χ1n) is 9.99. The number of carbonyl (C=O) groups excluding carboxylic acids is 1. The van der Waals surface area contributed by atoms with E-state index < -0.39 is 45.7 Å². The lowest BCUT2D eigenvalue weighted by atomic mass is 10.1. The van der Waals surface area contributed by atoms with E-state index in [1.165, 1.54) is 43.9 Å². The Balaban J connectivity index is 2.64. The molecule has 178 valence electrons. The summed E-state index contributed by atoms with van der Waals surface area (Å²) in [4.78, 5) is 36.3. The minimum Gasteiger partial charge on any atom is -0.464 e. The minimum absolute atomic E-state index is 0.107. The monoisotopic (exact) mass is 465 g/mol. The number of nitro benzene ring substituents is 1. The molecular formula is C22H25F2N3O6. The van der Waals surface area contributed by atoms with Gasteiger partial charge in [0.05, 0.1) is 10.6 Å². The number of carbonyl (C=O) groups is 2. The maximum absolute atomic E-state index is 15.7. The molecule has 0 saturated carbocycles. The van der Waals surface area contributed by atoms with Crippen LogP contribution in [-0.2, 0) is 11.3 Å². The average Bonchev–Trinajstić information content (AvgIpc) is 2.67. The van der Waals surface area contributed by atoms with Gasteiger partial charge in [0.25, 0.3) is 5.69 Å². The highest BCUT2D eigenvalue weighted by molar-refractivity contribution is 6.10. The molecule has 0 bridgehead atoms. The second-order valence-corrected chi connectivity index (χ2v) is 8.21. The molecule has 1 N–H and O–H groups in total. The topological polar surface area (TPSA) is 113 Å². The first-order valence-corrected chi connectivity index (χ1v) is 9.99. The molecule has 2 aromatic rings. The number of nitro groups is 1. The highest BCUT2D eigenvalue weighted by Gasteiger charge is 2.38. The van der Waals surface area contributed by atoms with Gasteiger partial charge in [-0.2, -0.15) is 4.90 Å². The van der Waals surface area contributed by atoms with Crippen LogP contribution in [0.15, 0.2) is 30.3 Å². The Hall–Kier alpha value is -3.76. The maximum atomic E-state index is 15.7. The van der Waals surface area contributed by atoms with Gasteiger partial charge in [-0.15, -0.1) is 0 Å². The van der Waals surface area contributed by atoms with E-state index in [-0.39, 0.29) is 23.7 Å². The number of imide groups is 1. The molecule has 0 radical (unpaired) electrons. The summed E-state index contributed by atoms with van der Waals surface area (Å²) in [5.41, 5.74) is -2.00. The van der Waals surface area contributed by atoms with Crippen LogP contribution in [0.5, 0.6) is 0 Å². The molecule has 0 spiro atoms. The third kappa shape index (κ3) is 5.93. The molecule has 0 atom stereocenters. The number of aryl methyl sites for hydroxylation is 1. The molecule has 2 aromatic carbocycles. The lowest BCUT2D eigenvalue weighted by Crippen LogP contribution is -2.41. The molecule has 0 aliphatic rings. The number of halogens is 2. The van der Waals surface area contributed by atoms with Crippen LogP contribution in [0.4, 0.5) is 35.4 Å². The smallest absolute Gasteiger partial charge is 0.424 e. The largest absolute Gasteiger partial charge is 0.464 e. The summed E-state index contributed by atoms with van der Waals surface area (Å²) in [6.45, 7) is 8.11. The lowest BCUT2D eigenvalue weighted by Gasteiger charge is -2.28. The highest BCUT2D eigenvalue weighted by Crippen LogP contribution is 2.38. The first kappa shape index (κ1) is 25.5. The van der Waals surface area contributed by atoms with Gasteiger partial charge >= 0.3 is 12.2 Å². The van der Waals surface area contributed by atoms with Crippen LogP contribution in [0.1, 0.15) is 38.8 Å². The Morgan fingerprint density at radius 2 is 1.82 bits per heavy atom. The van der Waals surface area contributed by atoms with Gasteiger partial charge in [-0.25, -0.2) is 18.4 Å². The molecule has 0 aliphatic carbocycles. The van der Waals surface area contributed by atoms with Crippen LogP contribution in [0.25, 0.3) is 0 Å². The Labute approximate surface area is 189 Å². The molecule has 33 heavy (non-hydrogen) atoms. The summed E-state index contributed by atoms with van der Waals surface area (Å²) in [6.07, 6.45) is -3.42. The molecule has 0 aromatic heterocycles. The predicted molar refractivity (Wildman–Crippen MR) is 118 cm³/mol. The fourth-order valence-electron chi connectivity index (χ4n) is 3.13. The zero-order valence-electron chi connectivity index (χ0n) is 18.9. The first-order chi connectivity index (χ1) is 15.3. The number of ether oxygens (including phenoxy) is 1. The molecule has 0 fully saturated rings. The molecule has 2 rings (SSSR count). The van der Waals surface area contributed by atoms with E-state index >= 15 is 4.39 Å². The number of anilines is 2. The van der Waals surface area contributed by atoms with Crippen LogP contribution >= 0.6 is 0 Å². The van der Waals surface area contributed by atoms with E-state index in [2.05, 4.69) is 0 Å². The number of nitrogens with zero attached hydrogens (tertiary/aromatic N) is 3. The van der Waals surface area contributed by atoms with E-state index in [1.54, 1.807) is 13.8 Å². The van der Waals surface area contributed by atoms with E-state index in [4.69, 9.17) is 4.74 Å². The molecule has 9 nitrogen and oxygen atoms in total. The van der Waals surface area contributed by atoms with Crippen molar-refractivity contribution >= 4 is 29.2 Å². The number of hydrogen-bond donors (Lipinski definition) is 1. The van der Waals surface area contributed by atoms with Gasteiger partial charge in [-0.05, 0) is 63.9 Å².